The van der Waals surface area contributed by atoms with Gasteiger partial charge in [0.15, 0.2) is 0 Å². The second kappa shape index (κ2) is 6.41. The van der Waals surface area contributed by atoms with Gasteiger partial charge in [0, 0.05) is 24.0 Å². The number of rotatable bonds is 4. The third-order valence-corrected chi connectivity index (χ3v) is 4.81. The fourth-order valence-corrected chi connectivity index (χ4v) is 3.28. The Morgan fingerprint density at radius 3 is 2.60 bits per heavy atom. The molecule has 0 aliphatic heterocycles. The molecule has 4 aromatic rings. The topological polar surface area (TPSA) is 69.8 Å². The number of hydrogen-bond acceptors (Lipinski definition) is 4. The average molecular weight is 348 g/mol. The summed E-state index contributed by atoms with van der Waals surface area (Å²) in [5.41, 5.74) is 4.09. The predicted molar refractivity (Wildman–Crippen MR) is 103 cm³/mol. The van der Waals surface area contributed by atoms with Gasteiger partial charge in [-0.15, -0.1) is 11.3 Å². The van der Waals surface area contributed by atoms with Crippen LogP contribution in [-0.2, 0) is 0 Å². The predicted octanol–water partition coefficient (Wildman–Crippen LogP) is 4.59. The van der Waals surface area contributed by atoms with Crippen molar-refractivity contribution in [2.45, 2.75) is 0 Å². The normalized spacial score (nSPS) is 10.8. The number of imidazole rings is 1. The van der Waals surface area contributed by atoms with Crippen molar-refractivity contribution in [2.24, 2.45) is 0 Å². The molecule has 0 unspecified atom stereocenters. The molecule has 0 saturated carbocycles. The summed E-state index contributed by atoms with van der Waals surface area (Å²) in [6, 6.07) is 17.0. The number of carbonyl (C=O) groups is 1. The molecule has 0 fully saturated rings. The van der Waals surface area contributed by atoms with E-state index >= 15 is 0 Å². The minimum Gasteiger partial charge on any atom is -0.388 e. The number of aromatic amines is 1. The fraction of sp³-hybridized carbons (Fsp3) is 0.0526. The maximum absolute atomic E-state index is 12.4. The van der Waals surface area contributed by atoms with Gasteiger partial charge in [-0.25, -0.2) is 4.98 Å². The van der Waals surface area contributed by atoms with Crippen LogP contribution in [0.3, 0.4) is 0 Å². The van der Waals surface area contributed by atoms with E-state index in [0.717, 1.165) is 33.1 Å². The number of aromatic nitrogens is 2. The van der Waals surface area contributed by atoms with Crippen LogP contribution in [-0.4, -0.2) is 22.9 Å². The lowest BCUT2D eigenvalue weighted by molar-refractivity contribution is 0.102. The summed E-state index contributed by atoms with van der Waals surface area (Å²) in [6.07, 6.45) is 0. The number of carbonyl (C=O) groups excluding carboxylic acids is 1. The summed E-state index contributed by atoms with van der Waals surface area (Å²) in [6.45, 7) is 0. The van der Waals surface area contributed by atoms with Gasteiger partial charge in [-0.3, -0.25) is 4.79 Å². The molecular weight excluding hydrogens is 332 g/mol. The van der Waals surface area contributed by atoms with Crippen LogP contribution in [0.1, 0.15) is 10.4 Å². The lowest BCUT2D eigenvalue weighted by Crippen LogP contribution is -2.11. The first-order valence-corrected chi connectivity index (χ1v) is 8.74. The van der Waals surface area contributed by atoms with Gasteiger partial charge in [0.05, 0.1) is 15.9 Å². The van der Waals surface area contributed by atoms with E-state index < -0.39 is 0 Å². The molecule has 124 valence electrons. The quantitative estimate of drug-likeness (QED) is 0.505. The molecule has 6 heteroatoms. The number of nitrogens with one attached hydrogen (secondary N) is 3. The van der Waals surface area contributed by atoms with Crippen LogP contribution in [0.25, 0.3) is 21.7 Å². The molecule has 2 heterocycles. The van der Waals surface area contributed by atoms with E-state index in [1.807, 2.05) is 54.9 Å². The number of H-pyrrole nitrogens is 1. The van der Waals surface area contributed by atoms with E-state index in [-0.39, 0.29) is 5.91 Å². The number of benzene rings is 2. The van der Waals surface area contributed by atoms with Gasteiger partial charge < -0.3 is 15.6 Å². The Bertz CT molecular complexity index is 1020. The van der Waals surface area contributed by atoms with Crippen molar-refractivity contribution in [3.05, 3.63) is 65.5 Å². The highest BCUT2D eigenvalue weighted by atomic mass is 32.1. The summed E-state index contributed by atoms with van der Waals surface area (Å²) < 4.78 is 0. The molecule has 2 aromatic heterocycles. The number of thiophene rings is 1. The Kier molecular flexibility index (Phi) is 3.95. The van der Waals surface area contributed by atoms with E-state index in [1.54, 1.807) is 23.5 Å². The van der Waals surface area contributed by atoms with Gasteiger partial charge in [0.1, 0.15) is 5.82 Å². The van der Waals surface area contributed by atoms with Gasteiger partial charge >= 0.3 is 0 Å². The SMILES string of the molecule is CNc1ccc(C(=O)Nc2ccc3nc(-c4cccs4)[nH]c3c2)cc1. The number of nitrogens with zero attached hydrogens (tertiary/aromatic N) is 1. The van der Waals surface area contributed by atoms with Crippen molar-refractivity contribution in [3.63, 3.8) is 0 Å². The van der Waals surface area contributed by atoms with Gasteiger partial charge in [0.25, 0.3) is 5.91 Å². The van der Waals surface area contributed by atoms with E-state index in [9.17, 15) is 4.79 Å². The van der Waals surface area contributed by atoms with Crippen molar-refractivity contribution in [1.29, 1.82) is 0 Å². The van der Waals surface area contributed by atoms with E-state index in [1.165, 1.54) is 0 Å². The van der Waals surface area contributed by atoms with Crippen molar-refractivity contribution >= 4 is 39.7 Å². The van der Waals surface area contributed by atoms with E-state index in [4.69, 9.17) is 0 Å². The van der Waals surface area contributed by atoms with Gasteiger partial charge in [0.2, 0.25) is 0 Å². The Balaban J connectivity index is 1.57. The Hall–Kier alpha value is -3.12. The molecule has 0 radical (unpaired) electrons. The van der Waals surface area contributed by atoms with E-state index in [0.29, 0.717) is 5.56 Å². The Labute approximate surface area is 148 Å². The van der Waals surface area contributed by atoms with Crippen LogP contribution >= 0.6 is 11.3 Å². The zero-order chi connectivity index (χ0) is 17.2. The molecule has 0 saturated heterocycles. The maximum atomic E-state index is 12.4. The summed E-state index contributed by atoms with van der Waals surface area (Å²) >= 11 is 1.64. The monoisotopic (exact) mass is 348 g/mol. The Morgan fingerprint density at radius 2 is 1.88 bits per heavy atom. The maximum Gasteiger partial charge on any atom is 0.255 e. The zero-order valence-electron chi connectivity index (χ0n) is 13.5. The zero-order valence-corrected chi connectivity index (χ0v) is 14.4. The lowest BCUT2D eigenvalue weighted by atomic mass is 10.2. The van der Waals surface area contributed by atoms with Crippen LogP contribution < -0.4 is 10.6 Å². The fourth-order valence-electron chi connectivity index (χ4n) is 2.61. The second-order valence-electron chi connectivity index (χ2n) is 5.58. The van der Waals surface area contributed by atoms with E-state index in [2.05, 4.69) is 20.6 Å². The molecule has 0 atom stereocenters. The lowest BCUT2D eigenvalue weighted by Gasteiger charge is -2.06. The first-order valence-electron chi connectivity index (χ1n) is 7.86. The summed E-state index contributed by atoms with van der Waals surface area (Å²) in [5.74, 6) is 0.705. The highest BCUT2D eigenvalue weighted by Crippen LogP contribution is 2.26. The molecular formula is C19H16N4OS. The first kappa shape index (κ1) is 15.4. The van der Waals surface area contributed by atoms with Crippen molar-refractivity contribution in [3.8, 4) is 10.7 Å². The molecule has 0 aliphatic carbocycles. The standard InChI is InChI=1S/C19H16N4OS/c1-20-13-6-4-12(5-7-13)19(24)21-14-8-9-15-16(11-14)23-18(22-15)17-3-2-10-25-17/h2-11,20H,1H3,(H,21,24)(H,22,23). The summed E-state index contributed by atoms with van der Waals surface area (Å²) in [4.78, 5) is 21.4. The molecule has 0 aliphatic rings. The van der Waals surface area contributed by atoms with Crippen LogP contribution in [0, 0.1) is 0 Å². The summed E-state index contributed by atoms with van der Waals surface area (Å²) in [7, 11) is 1.85. The molecule has 4 rings (SSSR count). The van der Waals surface area contributed by atoms with Gasteiger partial charge in [-0.2, -0.15) is 0 Å². The van der Waals surface area contributed by atoms with Crippen LogP contribution in [0.2, 0.25) is 0 Å². The van der Waals surface area contributed by atoms with Crippen molar-refractivity contribution < 1.29 is 4.79 Å². The van der Waals surface area contributed by atoms with Gasteiger partial charge in [-0.05, 0) is 53.9 Å². The third kappa shape index (κ3) is 3.12. The third-order valence-electron chi connectivity index (χ3n) is 3.93. The smallest absolute Gasteiger partial charge is 0.255 e. The highest BCUT2D eigenvalue weighted by Gasteiger charge is 2.09. The number of anilines is 2. The molecule has 3 N–H and O–H groups in total. The van der Waals surface area contributed by atoms with Gasteiger partial charge in [-0.1, -0.05) is 6.07 Å². The van der Waals surface area contributed by atoms with Crippen molar-refractivity contribution in [1.82, 2.24) is 9.97 Å². The molecule has 5 nitrogen and oxygen atoms in total. The molecule has 2 aromatic carbocycles. The largest absolute Gasteiger partial charge is 0.388 e. The first-order chi connectivity index (χ1) is 12.2. The number of hydrogen-bond donors (Lipinski definition) is 3. The minimum absolute atomic E-state index is 0.139. The number of amides is 1. The molecule has 0 spiro atoms. The van der Waals surface area contributed by atoms with Crippen LogP contribution in [0.4, 0.5) is 11.4 Å². The minimum atomic E-state index is -0.139. The average Bonchev–Trinajstić information content (AvgIpc) is 3.30. The van der Waals surface area contributed by atoms with Crippen molar-refractivity contribution in [2.75, 3.05) is 17.7 Å². The number of fused-ring (bicyclic) bond motifs is 1. The molecule has 0 bridgehead atoms. The Morgan fingerprint density at radius 1 is 1.08 bits per heavy atom. The van der Waals surface area contributed by atoms with Crippen LogP contribution in [0.5, 0.6) is 0 Å². The molecule has 25 heavy (non-hydrogen) atoms. The second-order valence-corrected chi connectivity index (χ2v) is 6.52. The summed E-state index contributed by atoms with van der Waals surface area (Å²) in [5, 5.41) is 7.98. The molecule has 1 amide bonds. The van der Waals surface area contributed by atoms with Crippen LogP contribution in [0.15, 0.2) is 60.0 Å². The highest BCUT2D eigenvalue weighted by molar-refractivity contribution is 7.13.